The molecule has 5 nitrogen and oxygen atoms in total. The Labute approximate surface area is 147 Å². The van der Waals surface area contributed by atoms with E-state index in [4.69, 9.17) is 21.7 Å². The van der Waals surface area contributed by atoms with E-state index >= 15 is 0 Å². The number of aromatic nitrogens is 1. The van der Waals surface area contributed by atoms with Crippen molar-refractivity contribution in [2.45, 2.75) is 25.3 Å². The van der Waals surface area contributed by atoms with E-state index in [0.29, 0.717) is 11.0 Å². The number of nitrogens with zero attached hydrogens (tertiary/aromatic N) is 1. The molecule has 0 aliphatic heterocycles. The minimum atomic E-state index is 0.214. The van der Waals surface area contributed by atoms with Gasteiger partial charge < -0.3 is 20.1 Å². The summed E-state index contributed by atoms with van der Waals surface area (Å²) in [7, 11) is 3.29. The van der Waals surface area contributed by atoms with Crippen molar-refractivity contribution < 1.29 is 9.47 Å². The van der Waals surface area contributed by atoms with Crippen molar-refractivity contribution >= 4 is 23.0 Å². The molecule has 3 rings (SSSR count). The fourth-order valence-electron chi connectivity index (χ4n) is 2.97. The summed E-state index contributed by atoms with van der Waals surface area (Å²) in [4.78, 5) is 4.17. The summed E-state index contributed by atoms with van der Waals surface area (Å²) < 4.78 is 10.4. The van der Waals surface area contributed by atoms with Gasteiger partial charge in [-0.2, -0.15) is 0 Å². The number of ether oxygens (including phenoxy) is 2. The van der Waals surface area contributed by atoms with Gasteiger partial charge in [-0.05, 0) is 60.8 Å². The Kier molecular flexibility index (Phi) is 5.15. The van der Waals surface area contributed by atoms with Gasteiger partial charge in [-0.15, -0.1) is 0 Å². The number of hydrogen-bond donors (Lipinski definition) is 2. The van der Waals surface area contributed by atoms with Gasteiger partial charge in [0.25, 0.3) is 0 Å². The Morgan fingerprint density at radius 1 is 1.21 bits per heavy atom. The average Bonchev–Trinajstić information content (AvgIpc) is 2.62. The molecule has 0 spiro atoms. The van der Waals surface area contributed by atoms with Crippen LogP contribution in [0, 0.1) is 0 Å². The van der Waals surface area contributed by atoms with Crippen LogP contribution in [0.4, 0.5) is 5.69 Å². The Bertz CT molecular complexity index is 719. The van der Waals surface area contributed by atoms with Crippen molar-refractivity contribution in [3.05, 3.63) is 47.7 Å². The molecule has 1 heterocycles. The number of benzene rings is 1. The molecule has 1 aromatic heterocycles. The molecule has 0 bridgehead atoms. The molecule has 2 aromatic rings. The third-order valence-electron chi connectivity index (χ3n) is 4.17. The molecule has 2 N–H and O–H groups in total. The summed E-state index contributed by atoms with van der Waals surface area (Å²) in [6, 6.07) is 10.1. The number of thiocarbonyl (C=S) groups is 1. The lowest BCUT2D eigenvalue weighted by molar-refractivity contribution is 0.398. The van der Waals surface area contributed by atoms with Gasteiger partial charge in [-0.25, -0.2) is 4.98 Å². The molecule has 0 saturated carbocycles. The minimum Gasteiger partial charge on any atom is -0.497 e. The highest BCUT2D eigenvalue weighted by atomic mass is 32.1. The van der Waals surface area contributed by atoms with E-state index in [0.717, 1.165) is 30.7 Å². The maximum atomic E-state index is 5.45. The number of hydrogen-bond acceptors (Lipinski definition) is 4. The maximum absolute atomic E-state index is 5.45. The van der Waals surface area contributed by atoms with Crippen molar-refractivity contribution in [1.82, 2.24) is 10.3 Å². The fraction of sp³-hybridized carbons (Fsp3) is 0.333. The average molecular weight is 343 g/mol. The van der Waals surface area contributed by atoms with Crippen LogP contribution in [0.25, 0.3) is 0 Å². The molecule has 0 fully saturated rings. The van der Waals surface area contributed by atoms with E-state index in [1.165, 1.54) is 11.1 Å². The van der Waals surface area contributed by atoms with Gasteiger partial charge in [-0.1, -0.05) is 6.07 Å². The third kappa shape index (κ3) is 3.76. The lowest BCUT2D eigenvalue weighted by atomic mass is 9.87. The molecular weight excluding hydrogens is 322 g/mol. The molecule has 24 heavy (non-hydrogen) atoms. The number of rotatable bonds is 4. The molecule has 126 valence electrons. The lowest BCUT2D eigenvalue weighted by Gasteiger charge is -2.28. The smallest absolute Gasteiger partial charge is 0.213 e. The predicted molar refractivity (Wildman–Crippen MR) is 98.8 cm³/mol. The number of nitrogens with one attached hydrogen (secondary N) is 2. The van der Waals surface area contributed by atoms with E-state index in [1.807, 2.05) is 12.1 Å². The Morgan fingerprint density at radius 2 is 2.08 bits per heavy atom. The maximum Gasteiger partial charge on any atom is 0.213 e. The van der Waals surface area contributed by atoms with Crippen molar-refractivity contribution in [3.63, 3.8) is 0 Å². The summed E-state index contributed by atoms with van der Waals surface area (Å²) in [6.45, 7) is 0. The molecule has 0 unspecified atom stereocenters. The van der Waals surface area contributed by atoms with Crippen LogP contribution in [0.3, 0.4) is 0 Å². The number of pyridine rings is 1. The number of fused-ring (bicyclic) bond motifs is 1. The van der Waals surface area contributed by atoms with Gasteiger partial charge in [0.1, 0.15) is 5.75 Å². The van der Waals surface area contributed by atoms with Crippen LogP contribution in [0.15, 0.2) is 36.5 Å². The second-order valence-electron chi connectivity index (χ2n) is 5.70. The summed E-state index contributed by atoms with van der Waals surface area (Å²) >= 11 is 5.45. The summed E-state index contributed by atoms with van der Waals surface area (Å²) in [5.41, 5.74) is 3.45. The van der Waals surface area contributed by atoms with Crippen LogP contribution in [0.1, 0.15) is 30.0 Å². The normalized spacial score (nSPS) is 16.0. The number of aryl methyl sites for hydroxylation is 1. The van der Waals surface area contributed by atoms with Gasteiger partial charge in [-0.3, -0.25) is 0 Å². The van der Waals surface area contributed by atoms with Crippen molar-refractivity contribution in [2.75, 3.05) is 19.5 Å². The summed E-state index contributed by atoms with van der Waals surface area (Å²) in [5, 5.41) is 7.17. The molecule has 1 aliphatic carbocycles. The van der Waals surface area contributed by atoms with Crippen LogP contribution < -0.4 is 20.1 Å². The van der Waals surface area contributed by atoms with Crippen LogP contribution in [0.2, 0.25) is 0 Å². The summed E-state index contributed by atoms with van der Waals surface area (Å²) in [6.07, 6.45) is 4.96. The quantitative estimate of drug-likeness (QED) is 0.829. The zero-order chi connectivity index (χ0) is 16.9. The first-order valence-corrected chi connectivity index (χ1v) is 8.35. The molecule has 0 amide bonds. The van der Waals surface area contributed by atoms with Crippen molar-refractivity contribution in [3.8, 4) is 11.6 Å². The molecule has 0 saturated heterocycles. The van der Waals surface area contributed by atoms with Crippen molar-refractivity contribution in [2.24, 2.45) is 0 Å². The molecular formula is C18H21N3O2S. The van der Waals surface area contributed by atoms with E-state index in [9.17, 15) is 0 Å². The second kappa shape index (κ2) is 7.49. The standard InChI is InChI=1S/C18H21N3O2S/c1-22-14-7-8-15-12(10-14)4-3-5-16(15)21-18(24)20-13-6-9-17(23-2)19-11-13/h6-11,16H,3-5H2,1-2H3,(H2,20,21,24)/t16-/m1/s1. The first-order chi connectivity index (χ1) is 11.7. The van der Waals surface area contributed by atoms with Crippen LogP contribution in [0.5, 0.6) is 11.6 Å². The van der Waals surface area contributed by atoms with Gasteiger partial charge in [0.15, 0.2) is 5.11 Å². The first kappa shape index (κ1) is 16.5. The Balaban J connectivity index is 1.66. The van der Waals surface area contributed by atoms with E-state index in [2.05, 4.69) is 27.8 Å². The first-order valence-electron chi connectivity index (χ1n) is 7.94. The topological polar surface area (TPSA) is 55.4 Å². The largest absolute Gasteiger partial charge is 0.497 e. The highest BCUT2D eigenvalue weighted by Gasteiger charge is 2.21. The zero-order valence-corrected chi connectivity index (χ0v) is 14.7. The molecule has 1 aliphatic rings. The Hall–Kier alpha value is -2.34. The van der Waals surface area contributed by atoms with Crippen LogP contribution >= 0.6 is 12.2 Å². The molecule has 0 radical (unpaired) electrons. The molecule has 1 atom stereocenters. The van der Waals surface area contributed by atoms with E-state index in [1.54, 1.807) is 26.5 Å². The van der Waals surface area contributed by atoms with E-state index < -0.39 is 0 Å². The molecule has 1 aromatic carbocycles. The monoisotopic (exact) mass is 343 g/mol. The SMILES string of the molecule is COc1ccc2c(c1)CCC[C@H]2NC(=S)Nc1ccc(OC)nc1. The predicted octanol–water partition coefficient (Wildman–Crippen LogP) is 3.46. The van der Waals surface area contributed by atoms with Gasteiger partial charge in [0.2, 0.25) is 5.88 Å². The van der Waals surface area contributed by atoms with Gasteiger partial charge in [0, 0.05) is 6.07 Å². The van der Waals surface area contributed by atoms with Crippen molar-refractivity contribution in [1.29, 1.82) is 0 Å². The minimum absolute atomic E-state index is 0.214. The lowest BCUT2D eigenvalue weighted by Crippen LogP contribution is -2.34. The van der Waals surface area contributed by atoms with Gasteiger partial charge >= 0.3 is 0 Å². The highest BCUT2D eigenvalue weighted by Crippen LogP contribution is 2.32. The van der Waals surface area contributed by atoms with Crippen LogP contribution in [-0.2, 0) is 6.42 Å². The molecule has 6 heteroatoms. The van der Waals surface area contributed by atoms with Crippen LogP contribution in [-0.4, -0.2) is 24.3 Å². The zero-order valence-electron chi connectivity index (χ0n) is 13.8. The number of anilines is 1. The second-order valence-corrected chi connectivity index (χ2v) is 6.11. The summed E-state index contributed by atoms with van der Waals surface area (Å²) in [5.74, 6) is 1.48. The highest BCUT2D eigenvalue weighted by molar-refractivity contribution is 7.80. The third-order valence-corrected chi connectivity index (χ3v) is 4.39. The van der Waals surface area contributed by atoms with Gasteiger partial charge in [0.05, 0.1) is 32.1 Å². The number of methoxy groups -OCH3 is 2. The van der Waals surface area contributed by atoms with E-state index in [-0.39, 0.29) is 6.04 Å². The fourth-order valence-corrected chi connectivity index (χ4v) is 3.23. The Morgan fingerprint density at radius 3 is 2.79 bits per heavy atom.